The molecular formula is C26H26N4O2. The minimum Gasteiger partial charge on any atom is -0.377 e. The molecule has 0 radical (unpaired) electrons. The van der Waals surface area contributed by atoms with Crippen LogP contribution in [-0.2, 0) is 9.47 Å². The molecule has 5 rings (SSSR count). The Morgan fingerprint density at radius 3 is 1.88 bits per heavy atom. The van der Waals surface area contributed by atoms with Crippen molar-refractivity contribution in [3.8, 4) is 0 Å². The topological polar surface area (TPSA) is 75.8 Å². The molecule has 2 N–H and O–H groups in total. The third kappa shape index (κ3) is 3.90. The lowest BCUT2D eigenvalue weighted by Gasteiger charge is -2.07. The van der Waals surface area contributed by atoms with Gasteiger partial charge in [-0.25, -0.2) is 9.97 Å². The molecule has 0 amide bonds. The molecule has 5 heterocycles. The van der Waals surface area contributed by atoms with Crippen LogP contribution in [-0.4, -0.2) is 34.2 Å². The Labute approximate surface area is 188 Å². The van der Waals surface area contributed by atoms with E-state index in [0.29, 0.717) is 11.6 Å². The summed E-state index contributed by atoms with van der Waals surface area (Å²) in [6, 6.07) is 10.4. The SMILES string of the molecule is [2H]c1c(C(C)OC)c2cc3cc(C(C)OC)c(cc4nc(cc5nc(cc1[nH]2)C=C5)C=C4)[nH]3. The molecule has 32 heavy (non-hydrogen) atoms. The second-order valence-corrected chi connectivity index (χ2v) is 8.01. The number of H-pyrrole nitrogens is 2. The van der Waals surface area contributed by atoms with Crippen molar-refractivity contribution < 1.29 is 10.8 Å². The van der Waals surface area contributed by atoms with Crippen LogP contribution in [0.3, 0.4) is 0 Å². The second-order valence-electron chi connectivity index (χ2n) is 8.01. The number of methoxy groups -OCH3 is 2. The Balaban J connectivity index is 1.90. The molecule has 0 spiro atoms. The Hall–Kier alpha value is -3.48. The lowest BCUT2D eigenvalue weighted by Crippen LogP contribution is -1.93. The average Bonchev–Trinajstić information content (AvgIpc) is 3.57. The summed E-state index contributed by atoms with van der Waals surface area (Å²) in [4.78, 5) is 16.3. The van der Waals surface area contributed by atoms with Gasteiger partial charge in [-0.2, -0.15) is 0 Å². The molecule has 0 aromatic carbocycles. The first-order valence-electron chi connectivity index (χ1n) is 11.1. The van der Waals surface area contributed by atoms with E-state index in [9.17, 15) is 0 Å². The largest absolute Gasteiger partial charge is 0.377 e. The molecule has 2 aliphatic rings. The first kappa shape index (κ1) is 19.2. The van der Waals surface area contributed by atoms with Crippen LogP contribution in [0.1, 0.15) is 61.3 Å². The number of fused-ring (bicyclic) bond motifs is 8. The predicted octanol–water partition coefficient (Wildman–Crippen LogP) is 6.07. The molecule has 6 nitrogen and oxygen atoms in total. The van der Waals surface area contributed by atoms with Crippen molar-refractivity contribution >= 4 is 46.4 Å². The molecule has 2 aliphatic heterocycles. The van der Waals surface area contributed by atoms with Gasteiger partial charge in [0.25, 0.3) is 0 Å². The molecular weight excluding hydrogens is 400 g/mol. The van der Waals surface area contributed by atoms with Crippen molar-refractivity contribution in [1.82, 2.24) is 19.9 Å². The summed E-state index contributed by atoms with van der Waals surface area (Å²) in [5.41, 5.74) is 8.49. The molecule has 3 aromatic heterocycles. The zero-order valence-corrected chi connectivity index (χ0v) is 18.6. The van der Waals surface area contributed by atoms with Crippen LogP contribution in [0.2, 0.25) is 0 Å². The Morgan fingerprint density at radius 1 is 0.688 bits per heavy atom. The summed E-state index contributed by atoms with van der Waals surface area (Å²) in [7, 11) is 3.36. The monoisotopic (exact) mass is 427 g/mol. The molecule has 2 unspecified atom stereocenters. The summed E-state index contributed by atoms with van der Waals surface area (Å²) >= 11 is 0. The highest BCUT2D eigenvalue weighted by Crippen LogP contribution is 2.27. The summed E-state index contributed by atoms with van der Waals surface area (Å²) in [5.74, 6) is 0. The summed E-state index contributed by atoms with van der Waals surface area (Å²) in [6.07, 6.45) is 7.53. The number of nitrogens with one attached hydrogen (secondary N) is 2. The lowest BCUT2D eigenvalue weighted by atomic mass is 10.1. The molecule has 3 aromatic rings. The first-order chi connectivity index (χ1) is 15.9. The zero-order chi connectivity index (χ0) is 23.1. The Kier molecular flexibility index (Phi) is 4.94. The van der Waals surface area contributed by atoms with Crippen molar-refractivity contribution in [2.45, 2.75) is 26.1 Å². The Bertz CT molecular complexity index is 1450. The van der Waals surface area contributed by atoms with Gasteiger partial charge in [-0.05, 0) is 74.5 Å². The zero-order valence-electron chi connectivity index (χ0n) is 19.6. The van der Waals surface area contributed by atoms with Crippen LogP contribution in [0.15, 0.2) is 36.4 Å². The number of hydrogen-bond acceptors (Lipinski definition) is 4. The normalized spacial score (nSPS) is 15.1. The van der Waals surface area contributed by atoms with Crippen LogP contribution in [0, 0.1) is 0 Å². The second kappa shape index (κ2) is 8.22. The third-order valence-corrected chi connectivity index (χ3v) is 5.83. The van der Waals surface area contributed by atoms with Crippen LogP contribution < -0.4 is 0 Å². The number of aromatic nitrogens is 4. The number of hydrogen-bond donors (Lipinski definition) is 2. The van der Waals surface area contributed by atoms with Gasteiger partial charge < -0.3 is 19.4 Å². The highest BCUT2D eigenvalue weighted by molar-refractivity contribution is 5.79. The summed E-state index contributed by atoms with van der Waals surface area (Å²) in [6.45, 7) is 3.97. The number of nitrogens with zero attached hydrogens (tertiary/aromatic N) is 2. The Morgan fingerprint density at radius 2 is 1.22 bits per heavy atom. The van der Waals surface area contributed by atoms with Gasteiger partial charge in [-0.15, -0.1) is 0 Å². The highest BCUT2D eigenvalue weighted by atomic mass is 16.5. The fourth-order valence-electron chi connectivity index (χ4n) is 3.96. The van der Waals surface area contributed by atoms with Crippen molar-refractivity contribution in [3.05, 3.63) is 70.3 Å². The van der Waals surface area contributed by atoms with Gasteiger partial charge in [0.1, 0.15) is 0 Å². The fraction of sp³-hybridized carbons (Fsp3) is 0.231. The minimum absolute atomic E-state index is 0.0963. The standard InChI is InChI=1S/C26H26N4O2/c1-15(31-3)23-11-21-10-19-6-5-17(27-19)9-18-7-8-20(28-18)13-25-24(16(2)32-4)12-22(30-25)14-26(23)29-21/h5-16,29-30H,1-4H3/i11D. The van der Waals surface area contributed by atoms with E-state index >= 15 is 0 Å². The quantitative estimate of drug-likeness (QED) is 0.365. The van der Waals surface area contributed by atoms with Gasteiger partial charge in [-0.3, -0.25) is 0 Å². The van der Waals surface area contributed by atoms with E-state index in [1.807, 2.05) is 62.4 Å². The predicted molar refractivity (Wildman–Crippen MR) is 130 cm³/mol. The van der Waals surface area contributed by atoms with E-state index in [4.69, 9.17) is 15.8 Å². The maximum Gasteiger partial charge on any atom is 0.0813 e. The van der Waals surface area contributed by atoms with Crippen molar-refractivity contribution in [3.63, 3.8) is 0 Å². The van der Waals surface area contributed by atoms with Crippen molar-refractivity contribution in [2.24, 2.45) is 0 Å². The molecule has 0 saturated carbocycles. The third-order valence-electron chi connectivity index (χ3n) is 5.83. The van der Waals surface area contributed by atoms with Gasteiger partial charge in [0.2, 0.25) is 0 Å². The molecule has 0 aliphatic carbocycles. The van der Waals surface area contributed by atoms with Crippen LogP contribution in [0.5, 0.6) is 0 Å². The van der Waals surface area contributed by atoms with E-state index in [2.05, 4.69) is 21.0 Å². The van der Waals surface area contributed by atoms with E-state index < -0.39 is 0 Å². The van der Waals surface area contributed by atoms with Gasteiger partial charge >= 0.3 is 0 Å². The van der Waals surface area contributed by atoms with Gasteiger partial charge in [0, 0.05) is 47.4 Å². The molecule has 0 saturated heterocycles. The first-order valence-corrected chi connectivity index (χ1v) is 10.6. The summed E-state index contributed by atoms with van der Waals surface area (Å²) < 4.78 is 20.0. The lowest BCUT2D eigenvalue weighted by molar-refractivity contribution is 0.120. The van der Waals surface area contributed by atoms with Crippen LogP contribution in [0.25, 0.3) is 46.4 Å². The van der Waals surface area contributed by atoms with Gasteiger partial charge in [0.15, 0.2) is 0 Å². The fourth-order valence-corrected chi connectivity index (χ4v) is 3.96. The average molecular weight is 428 g/mol. The molecule has 2 atom stereocenters. The molecule has 162 valence electrons. The summed E-state index contributed by atoms with van der Waals surface area (Å²) in [5, 5.41) is 0. The number of rotatable bonds is 4. The maximum absolute atomic E-state index is 8.80. The minimum atomic E-state index is -0.245. The highest BCUT2D eigenvalue weighted by Gasteiger charge is 2.12. The number of ether oxygens (including phenoxy) is 2. The van der Waals surface area contributed by atoms with Crippen molar-refractivity contribution in [1.29, 1.82) is 0 Å². The maximum atomic E-state index is 8.80. The smallest absolute Gasteiger partial charge is 0.0813 e. The van der Waals surface area contributed by atoms with E-state index in [-0.39, 0.29) is 12.2 Å². The number of aromatic amines is 2. The molecule has 0 fully saturated rings. The van der Waals surface area contributed by atoms with E-state index in [1.165, 1.54) is 0 Å². The molecule has 6 heteroatoms. The van der Waals surface area contributed by atoms with Crippen molar-refractivity contribution in [2.75, 3.05) is 14.2 Å². The van der Waals surface area contributed by atoms with Crippen LogP contribution in [0.4, 0.5) is 0 Å². The van der Waals surface area contributed by atoms with E-state index in [1.54, 1.807) is 14.2 Å². The van der Waals surface area contributed by atoms with E-state index in [0.717, 1.165) is 50.5 Å². The van der Waals surface area contributed by atoms with Gasteiger partial charge in [0.05, 0.1) is 36.4 Å². The van der Waals surface area contributed by atoms with Gasteiger partial charge in [-0.1, -0.05) is 0 Å². The van der Waals surface area contributed by atoms with Crippen LogP contribution >= 0.6 is 0 Å². The molecule has 8 bridgehead atoms.